The number of hydrogen-bond donors (Lipinski definition) is 0. The second-order valence-corrected chi connectivity index (χ2v) is 13.5. The lowest BCUT2D eigenvalue weighted by Crippen LogP contribution is -2.34. The van der Waals surface area contributed by atoms with Crippen LogP contribution < -0.4 is 4.90 Å². The Morgan fingerprint density at radius 1 is 0.588 bits per heavy atom. The molecule has 0 fully saturated rings. The molecule has 0 radical (unpaired) electrons. The van der Waals surface area contributed by atoms with E-state index in [-0.39, 0.29) is 6.04 Å². The van der Waals surface area contributed by atoms with Gasteiger partial charge in [0, 0.05) is 34.2 Å². The van der Waals surface area contributed by atoms with Crippen molar-refractivity contribution in [2.45, 2.75) is 12.5 Å². The number of benzene rings is 5. The van der Waals surface area contributed by atoms with Crippen molar-refractivity contribution in [2.75, 3.05) is 4.90 Å². The highest BCUT2D eigenvalue weighted by Crippen LogP contribution is 2.39. The van der Waals surface area contributed by atoms with Crippen LogP contribution in [0.5, 0.6) is 0 Å². The van der Waals surface area contributed by atoms with Gasteiger partial charge >= 0.3 is 0 Å². The predicted octanol–water partition coefficient (Wildman–Crippen LogP) is 12.1. The van der Waals surface area contributed by atoms with Gasteiger partial charge in [-0.3, -0.25) is 0 Å². The Morgan fingerprint density at radius 2 is 1.33 bits per heavy atom. The molecular weight excluding hydrogens is 625 g/mol. The van der Waals surface area contributed by atoms with Gasteiger partial charge in [-0.1, -0.05) is 121 Å². The molecule has 3 aliphatic rings. The third-order valence-electron chi connectivity index (χ3n) is 10.4. The minimum absolute atomic E-state index is 0.196. The Morgan fingerprint density at radius 3 is 2.12 bits per heavy atom. The molecule has 3 atom stereocenters. The molecule has 4 heteroatoms. The molecule has 3 aliphatic carbocycles. The molecule has 0 saturated carbocycles. The molecule has 0 bridgehead atoms. The van der Waals surface area contributed by atoms with E-state index in [2.05, 4.69) is 138 Å². The SMILES string of the molecule is C1=CC2C=CC(N(c3ccc(-c4ccc5c(c4)oc4ccc6oc(-c7ccccc7)nc6c45)cc3)C3C=CC(c4ccccc4)=CC3)=CC2C=C1. The number of anilines is 1. The quantitative estimate of drug-likeness (QED) is 0.178. The maximum Gasteiger partial charge on any atom is 0.227 e. The molecular formula is C47H34N2O2. The van der Waals surface area contributed by atoms with E-state index >= 15 is 0 Å². The van der Waals surface area contributed by atoms with Gasteiger partial charge in [-0.25, -0.2) is 4.98 Å². The smallest absolute Gasteiger partial charge is 0.227 e. The standard InChI is InChI=1S/C47H34N2O2/c1-3-9-31(10-4-1)33-15-21-38(22-16-33)49(40-25-19-32-11-7-8-14-36(32)29-40)39-23-17-34(18-24-39)37-20-26-41-44(30-37)50-42-27-28-43-46(45(41)42)48-47(51-43)35-12-5-2-6-13-35/h1-21,23-30,32,36,38H,22H2. The van der Waals surface area contributed by atoms with E-state index in [0.717, 1.165) is 56.1 Å². The van der Waals surface area contributed by atoms with Crippen LogP contribution in [0.4, 0.5) is 5.69 Å². The maximum atomic E-state index is 6.41. The van der Waals surface area contributed by atoms with Crippen LogP contribution in [0.25, 0.3) is 61.2 Å². The average molecular weight is 659 g/mol. The maximum absolute atomic E-state index is 6.41. The van der Waals surface area contributed by atoms with Gasteiger partial charge in [-0.05, 0) is 83.3 Å². The Balaban J connectivity index is 0.985. The van der Waals surface area contributed by atoms with E-state index in [1.54, 1.807) is 0 Å². The lowest BCUT2D eigenvalue weighted by molar-refractivity contribution is 0.619. The molecule has 0 saturated heterocycles. The third-order valence-corrected chi connectivity index (χ3v) is 10.4. The molecule has 0 N–H and O–H groups in total. The van der Waals surface area contributed by atoms with Crippen molar-refractivity contribution in [3.05, 3.63) is 187 Å². The zero-order valence-corrected chi connectivity index (χ0v) is 27.9. The Bertz CT molecular complexity index is 2610. The van der Waals surface area contributed by atoms with Gasteiger partial charge in [0.1, 0.15) is 16.7 Å². The van der Waals surface area contributed by atoms with Gasteiger partial charge in [-0.2, -0.15) is 0 Å². The van der Waals surface area contributed by atoms with Gasteiger partial charge in [-0.15, -0.1) is 0 Å². The van der Waals surface area contributed by atoms with Gasteiger partial charge in [0.05, 0.1) is 11.4 Å². The van der Waals surface area contributed by atoms with Crippen LogP contribution in [0.1, 0.15) is 12.0 Å². The van der Waals surface area contributed by atoms with Crippen molar-refractivity contribution in [1.82, 2.24) is 4.98 Å². The monoisotopic (exact) mass is 658 g/mol. The van der Waals surface area contributed by atoms with Crippen LogP contribution in [-0.2, 0) is 0 Å². The minimum atomic E-state index is 0.196. The molecule has 10 rings (SSSR count). The van der Waals surface area contributed by atoms with Crippen molar-refractivity contribution in [3.8, 4) is 22.6 Å². The predicted molar refractivity (Wildman–Crippen MR) is 209 cm³/mol. The minimum Gasteiger partial charge on any atom is -0.456 e. The average Bonchev–Trinajstić information content (AvgIpc) is 3.81. The van der Waals surface area contributed by atoms with Gasteiger partial charge < -0.3 is 13.7 Å². The van der Waals surface area contributed by atoms with E-state index in [9.17, 15) is 0 Å². The second kappa shape index (κ2) is 12.2. The number of aromatic nitrogens is 1. The van der Waals surface area contributed by atoms with Crippen molar-refractivity contribution >= 4 is 44.3 Å². The highest BCUT2D eigenvalue weighted by Gasteiger charge is 2.26. The molecule has 3 unspecified atom stereocenters. The summed E-state index contributed by atoms with van der Waals surface area (Å²) in [7, 11) is 0. The number of oxazole rings is 1. The highest BCUT2D eigenvalue weighted by molar-refractivity contribution is 6.17. The van der Waals surface area contributed by atoms with E-state index in [1.807, 2.05) is 42.5 Å². The Hall–Kier alpha value is -6.39. The number of nitrogens with zero attached hydrogens (tertiary/aromatic N) is 2. The molecule has 4 nitrogen and oxygen atoms in total. The van der Waals surface area contributed by atoms with Crippen molar-refractivity contribution in [3.63, 3.8) is 0 Å². The number of furan rings is 1. The summed E-state index contributed by atoms with van der Waals surface area (Å²) in [5, 5.41) is 2.01. The summed E-state index contributed by atoms with van der Waals surface area (Å²) in [5.41, 5.74) is 11.3. The number of hydrogen-bond acceptors (Lipinski definition) is 4. The first kappa shape index (κ1) is 29.5. The normalized spacial score (nSPS) is 19.4. The van der Waals surface area contributed by atoms with Crippen LogP contribution >= 0.6 is 0 Å². The molecule has 0 aliphatic heterocycles. The molecule has 0 amide bonds. The lowest BCUT2D eigenvalue weighted by Gasteiger charge is -2.36. The summed E-state index contributed by atoms with van der Waals surface area (Å²) in [4.78, 5) is 7.40. The van der Waals surface area contributed by atoms with E-state index in [0.29, 0.717) is 17.7 Å². The summed E-state index contributed by atoms with van der Waals surface area (Å²) in [6.07, 6.45) is 23.9. The molecule has 0 spiro atoms. The van der Waals surface area contributed by atoms with E-state index < -0.39 is 0 Å². The van der Waals surface area contributed by atoms with Crippen LogP contribution in [0.2, 0.25) is 0 Å². The summed E-state index contributed by atoms with van der Waals surface area (Å²) in [6, 6.07) is 40.2. The molecule has 5 aromatic carbocycles. The van der Waals surface area contributed by atoms with Crippen molar-refractivity contribution in [1.29, 1.82) is 0 Å². The van der Waals surface area contributed by atoms with Gasteiger partial charge in [0.25, 0.3) is 0 Å². The largest absolute Gasteiger partial charge is 0.456 e. The topological polar surface area (TPSA) is 42.4 Å². The fourth-order valence-corrected chi connectivity index (χ4v) is 7.75. The molecule has 2 heterocycles. The van der Waals surface area contributed by atoms with E-state index in [1.165, 1.54) is 22.5 Å². The molecule has 7 aromatic rings. The fourth-order valence-electron chi connectivity index (χ4n) is 7.75. The van der Waals surface area contributed by atoms with Crippen LogP contribution in [-0.4, -0.2) is 11.0 Å². The summed E-state index contributed by atoms with van der Waals surface area (Å²) in [5.74, 6) is 1.38. The van der Waals surface area contributed by atoms with Crippen LogP contribution in [0, 0.1) is 11.8 Å². The number of rotatable bonds is 6. The molecule has 51 heavy (non-hydrogen) atoms. The lowest BCUT2D eigenvalue weighted by atomic mass is 9.83. The molecule has 244 valence electrons. The van der Waals surface area contributed by atoms with Crippen LogP contribution in [0.3, 0.4) is 0 Å². The van der Waals surface area contributed by atoms with Crippen LogP contribution in [0.15, 0.2) is 191 Å². The summed E-state index contributed by atoms with van der Waals surface area (Å²) < 4.78 is 12.6. The van der Waals surface area contributed by atoms with Gasteiger partial charge in [0.15, 0.2) is 5.58 Å². The number of allylic oxidation sites excluding steroid dienone is 9. The first-order chi connectivity index (χ1) is 25.2. The summed E-state index contributed by atoms with van der Waals surface area (Å²) >= 11 is 0. The second-order valence-electron chi connectivity index (χ2n) is 13.5. The Labute approximate surface area is 296 Å². The Kier molecular flexibility index (Phi) is 7.05. The van der Waals surface area contributed by atoms with Crippen molar-refractivity contribution in [2.24, 2.45) is 11.8 Å². The highest BCUT2D eigenvalue weighted by atomic mass is 16.4. The zero-order valence-electron chi connectivity index (χ0n) is 27.9. The van der Waals surface area contributed by atoms with Crippen molar-refractivity contribution < 1.29 is 8.83 Å². The first-order valence-electron chi connectivity index (χ1n) is 17.6. The molecule has 2 aromatic heterocycles. The van der Waals surface area contributed by atoms with E-state index in [4.69, 9.17) is 13.8 Å². The summed E-state index contributed by atoms with van der Waals surface area (Å²) in [6.45, 7) is 0. The fraction of sp³-hybridized carbons (Fsp3) is 0.0851. The number of fused-ring (bicyclic) bond motifs is 6. The van der Waals surface area contributed by atoms with Gasteiger partial charge in [0.2, 0.25) is 5.89 Å². The first-order valence-corrected chi connectivity index (χ1v) is 17.6. The zero-order chi connectivity index (χ0) is 33.7. The third kappa shape index (κ3) is 5.28.